The van der Waals surface area contributed by atoms with Crippen molar-refractivity contribution in [3.8, 4) is 5.75 Å². The normalized spacial score (nSPS) is 16.4. The molecule has 1 N–H and O–H groups in total. The van der Waals surface area contributed by atoms with Crippen LogP contribution >= 0.6 is 11.6 Å². The van der Waals surface area contributed by atoms with Crippen LogP contribution in [0.25, 0.3) is 0 Å². The van der Waals surface area contributed by atoms with Gasteiger partial charge in [-0.2, -0.15) is 0 Å². The third kappa shape index (κ3) is 5.95. The molecule has 29 heavy (non-hydrogen) atoms. The molecular formula is C23H30ClN3O2. The quantitative estimate of drug-likeness (QED) is 0.746. The molecule has 0 saturated carbocycles. The molecule has 0 bridgehead atoms. The summed E-state index contributed by atoms with van der Waals surface area (Å²) in [6.45, 7) is 8.72. The summed E-state index contributed by atoms with van der Waals surface area (Å²) in [5.41, 5.74) is 3.11. The number of carbonyl (C=O) groups is 1. The Morgan fingerprint density at radius 1 is 1.14 bits per heavy atom. The summed E-state index contributed by atoms with van der Waals surface area (Å²) in [5.74, 6) is 0.907. The van der Waals surface area contributed by atoms with Crippen LogP contribution in [-0.2, 0) is 11.2 Å². The second kappa shape index (κ2) is 10.1. The first kappa shape index (κ1) is 21.6. The monoisotopic (exact) mass is 415 g/mol. The zero-order valence-corrected chi connectivity index (χ0v) is 18.2. The molecule has 0 spiro atoms. The number of nitrogens with one attached hydrogen (secondary N) is 1. The molecule has 5 nitrogen and oxygen atoms in total. The number of nitrogens with zero attached hydrogens (tertiary/aromatic N) is 2. The van der Waals surface area contributed by atoms with Crippen molar-refractivity contribution in [2.75, 3.05) is 45.2 Å². The molecule has 6 heteroatoms. The Morgan fingerprint density at radius 2 is 1.83 bits per heavy atom. The summed E-state index contributed by atoms with van der Waals surface area (Å²) in [6, 6.07) is 13.7. The van der Waals surface area contributed by atoms with E-state index in [0.29, 0.717) is 5.02 Å². The molecule has 1 amide bonds. The number of hydrogen-bond donors (Lipinski definition) is 1. The lowest BCUT2D eigenvalue weighted by Gasteiger charge is -2.37. The Labute approximate surface area is 178 Å². The van der Waals surface area contributed by atoms with Gasteiger partial charge in [-0.05, 0) is 55.7 Å². The van der Waals surface area contributed by atoms with E-state index in [2.05, 4.69) is 27.2 Å². The Kier molecular flexibility index (Phi) is 7.53. The van der Waals surface area contributed by atoms with Gasteiger partial charge in [-0.3, -0.25) is 9.69 Å². The van der Waals surface area contributed by atoms with Crippen LogP contribution in [0.1, 0.15) is 18.1 Å². The predicted molar refractivity (Wildman–Crippen MR) is 119 cm³/mol. The zero-order chi connectivity index (χ0) is 20.8. The molecule has 2 aromatic rings. The first-order valence-electron chi connectivity index (χ1n) is 10.1. The van der Waals surface area contributed by atoms with Gasteiger partial charge in [0.25, 0.3) is 0 Å². The molecule has 1 aliphatic heterocycles. The number of amides is 1. The molecule has 1 aliphatic rings. The third-order valence-electron chi connectivity index (χ3n) is 5.67. The summed E-state index contributed by atoms with van der Waals surface area (Å²) in [7, 11) is 1.69. The number of aryl methyl sites for hydroxylation is 1. The predicted octanol–water partition coefficient (Wildman–Crippen LogP) is 3.84. The highest BCUT2D eigenvalue weighted by Gasteiger charge is 2.25. The summed E-state index contributed by atoms with van der Waals surface area (Å²) < 4.78 is 5.21. The summed E-state index contributed by atoms with van der Waals surface area (Å²) in [4.78, 5) is 17.4. The van der Waals surface area contributed by atoms with Gasteiger partial charge in [0.05, 0.1) is 13.2 Å². The van der Waals surface area contributed by atoms with Crippen LogP contribution in [0.5, 0.6) is 5.75 Å². The highest BCUT2D eigenvalue weighted by atomic mass is 35.5. The number of rotatable bonds is 7. The van der Waals surface area contributed by atoms with Crippen molar-refractivity contribution in [3.63, 3.8) is 0 Å². The number of hydrogen-bond acceptors (Lipinski definition) is 4. The Morgan fingerprint density at radius 3 is 2.48 bits per heavy atom. The average molecular weight is 416 g/mol. The molecule has 1 saturated heterocycles. The molecule has 156 valence electrons. The number of anilines is 1. The van der Waals surface area contributed by atoms with Gasteiger partial charge in [0.2, 0.25) is 5.91 Å². The topological polar surface area (TPSA) is 44.8 Å². The fraction of sp³-hybridized carbons (Fsp3) is 0.435. The lowest BCUT2D eigenvalue weighted by molar-refractivity contribution is -0.121. The van der Waals surface area contributed by atoms with E-state index in [0.717, 1.165) is 56.1 Å². The number of carbonyl (C=O) groups excluding carboxylic acids is 1. The number of methoxy groups -OCH3 is 1. The van der Waals surface area contributed by atoms with E-state index < -0.39 is 0 Å². The van der Waals surface area contributed by atoms with Crippen LogP contribution in [0.2, 0.25) is 5.02 Å². The van der Waals surface area contributed by atoms with Crippen LogP contribution in [0.3, 0.4) is 0 Å². The minimum atomic E-state index is -0.169. The minimum Gasteiger partial charge on any atom is -0.497 e. The standard InChI is InChI=1S/C23H30ClN3O2/c1-17-4-7-20(24)16-22(17)25-23(28)18(2)27-14-12-26(13-15-27)11-10-19-5-8-21(29-3)9-6-19/h4-9,16,18H,10-15H2,1-3H3,(H,25,28). The molecule has 1 fully saturated rings. The molecule has 2 aromatic carbocycles. The van der Waals surface area contributed by atoms with Gasteiger partial charge in [0.1, 0.15) is 5.75 Å². The van der Waals surface area contributed by atoms with Crippen molar-refractivity contribution >= 4 is 23.2 Å². The van der Waals surface area contributed by atoms with E-state index in [1.807, 2.05) is 38.1 Å². The van der Waals surface area contributed by atoms with Crippen LogP contribution in [0, 0.1) is 6.92 Å². The number of piperazine rings is 1. The number of ether oxygens (including phenoxy) is 1. The zero-order valence-electron chi connectivity index (χ0n) is 17.5. The first-order valence-corrected chi connectivity index (χ1v) is 10.5. The fourth-order valence-corrected chi connectivity index (χ4v) is 3.76. The van der Waals surface area contributed by atoms with Gasteiger partial charge in [0, 0.05) is 43.4 Å². The van der Waals surface area contributed by atoms with Gasteiger partial charge < -0.3 is 15.0 Å². The number of benzene rings is 2. The summed E-state index contributed by atoms with van der Waals surface area (Å²) in [6.07, 6.45) is 1.02. The van der Waals surface area contributed by atoms with Crippen molar-refractivity contribution < 1.29 is 9.53 Å². The van der Waals surface area contributed by atoms with Crippen LogP contribution in [0.15, 0.2) is 42.5 Å². The molecular weight excluding hydrogens is 386 g/mol. The van der Waals surface area contributed by atoms with Crippen molar-refractivity contribution in [3.05, 3.63) is 58.6 Å². The molecule has 1 unspecified atom stereocenters. The maximum atomic E-state index is 12.7. The van der Waals surface area contributed by atoms with Crippen LogP contribution in [0.4, 0.5) is 5.69 Å². The average Bonchev–Trinajstić information content (AvgIpc) is 2.75. The second-order valence-electron chi connectivity index (χ2n) is 7.60. The van der Waals surface area contributed by atoms with Crippen molar-refractivity contribution in [2.45, 2.75) is 26.3 Å². The SMILES string of the molecule is COc1ccc(CCN2CCN(C(C)C(=O)Nc3cc(Cl)ccc3C)CC2)cc1. The van der Waals surface area contributed by atoms with Gasteiger partial charge in [-0.1, -0.05) is 29.8 Å². The van der Waals surface area contributed by atoms with E-state index in [1.165, 1.54) is 5.56 Å². The smallest absolute Gasteiger partial charge is 0.241 e. The molecule has 0 aliphatic carbocycles. The Hall–Kier alpha value is -2.08. The highest BCUT2D eigenvalue weighted by molar-refractivity contribution is 6.31. The first-order chi connectivity index (χ1) is 14.0. The third-order valence-corrected chi connectivity index (χ3v) is 5.90. The summed E-state index contributed by atoms with van der Waals surface area (Å²) >= 11 is 6.06. The Bertz CT molecular complexity index is 817. The largest absolute Gasteiger partial charge is 0.497 e. The van der Waals surface area contributed by atoms with E-state index in [4.69, 9.17) is 16.3 Å². The fourth-order valence-electron chi connectivity index (χ4n) is 3.59. The molecule has 1 heterocycles. The van der Waals surface area contributed by atoms with Crippen LogP contribution in [-0.4, -0.2) is 61.6 Å². The van der Waals surface area contributed by atoms with Gasteiger partial charge >= 0.3 is 0 Å². The Balaban J connectivity index is 1.45. The molecule has 3 rings (SSSR count). The molecule has 0 aromatic heterocycles. The molecule has 0 radical (unpaired) electrons. The van der Waals surface area contributed by atoms with Crippen molar-refractivity contribution in [1.82, 2.24) is 9.80 Å². The highest BCUT2D eigenvalue weighted by Crippen LogP contribution is 2.21. The lowest BCUT2D eigenvalue weighted by atomic mass is 10.1. The van der Waals surface area contributed by atoms with E-state index >= 15 is 0 Å². The van der Waals surface area contributed by atoms with Crippen molar-refractivity contribution in [1.29, 1.82) is 0 Å². The second-order valence-corrected chi connectivity index (χ2v) is 8.04. The molecule has 1 atom stereocenters. The maximum absolute atomic E-state index is 12.7. The lowest BCUT2D eigenvalue weighted by Crippen LogP contribution is -2.53. The summed E-state index contributed by atoms with van der Waals surface area (Å²) in [5, 5.41) is 3.66. The maximum Gasteiger partial charge on any atom is 0.241 e. The number of halogens is 1. The van der Waals surface area contributed by atoms with E-state index in [-0.39, 0.29) is 11.9 Å². The van der Waals surface area contributed by atoms with Crippen molar-refractivity contribution in [2.24, 2.45) is 0 Å². The van der Waals surface area contributed by atoms with Gasteiger partial charge in [-0.25, -0.2) is 0 Å². The van der Waals surface area contributed by atoms with Gasteiger partial charge in [0.15, 0.2) is 0 Å². The van der Waals surface area contributed by atoms with E-state index in [1.54, 1.807) is 13.2 Å². The van der Waals surface area contributed by atoms with E-state index in [9.17, 15) is 4.79 Å². The van der Waals surface area contributed by atoms with Gasteiger partial charge in [-0.15, -0.1) is 0 Å². The minimum absolute atomic E-state index is 0.0158. The van der Waals surface area contributed by atoms with Crippen LogP contribution < -0.4 is 10.1 Å².